The van der Waals surface area contributed by atoms with E-state index in [1.807, 2.05) is 0 Å². The number of halogens is 2. The second-order valence-corrected chi connectivity index (χ2v) is 4.30. The number of carbonyl (C=O) groups is 2. The van der Waals surface area contributed by atoms with Gasteiger partial charge in [0, 0.05) is 13.1 Å². The normalized spacial score (nSPS) is 13.4. The molecule has 0 spiro atoms. The molecule has 0 bridgehead atoms. The van der Waals surface area contributed by atoms with Crippen molar-refractivity contribution in [3.63, 3.8) is 0 Å². The van der Waals surface area contributed by atoms with Crippen molar-refractivity contribution in [2.45, 2.75) is 26.0 Å². The molecule has 5 nitrogen and oxygen atoms in total. The van der Waals surface area contributed by atoms with Crippen molar-refractivity contribution in [3.8, 4) is 5.75 Å². The lowest BCUT2D eigenvalue weighted by Crippen LogP contribution is -2.46. The summed E-state index contributed by atoms with van der Waals surface area (Å²) < 4.78 is 30.9. The number of carboxylic acid groups (broad SMARTS) is 1. The molecule has 2 unspecified atom stereocenters. The summed E-state index contributed by atoms with van der Waals surface area (Å²) in [7, 11) is 1.33. The van der Waals surface area contributed by atoms with Gasteiger partial charge in [-0.05, 0) is 26.0 Å². The highest BCUT2D eigenvalue weighted by molar-refractivity contribution is 5.85. The van der Waals surface area contributed by atoms with E-state index in [0.29, 0.717) is 0 Å². The van der Waals surface area contributed by atoms with E-state index in [9.17, 15) is 18.4 Å². The van der Waals surface area contributed by atoms with Gasteiger partial charge < -0.3 is 14.7 Å². The van der Waals surface area contributed by atoms with E-state index in [1.165, 1.54) is 27.0 Å². The summed E-state index contributed by atoms with van der Waals surface area (Å²) in [6.07, 6.45) is -1.02. The van der Waals surface area contributed by atoms with E-state index >= 15 is 0 Å². The molecule has 110 valence electrons. The Morgan fingerprint density at radius 2 is 1.85 bits per heavy atom. The van der Waals surface area contributed by atoms with Crippen molar-refractivity contribution in [2.75, 3.05) is 7.05 Å². The van der Waals surface area contributed by atoms with Gasteiger partial charge in [-0.2, -0.15) is 0 Å². The Labute approximate surface area is 114 Å². The lowest BCUT2D eigenvalue weighted by Gasteiger charge is -2.25. The van der Waals surface area contributed by atoms with E-state index in [2.05, 4.69) is 0 Å². The van der Waals surface area contributed by atoms with Crippen LogP contribution in [0.15, 0.2) is 18.2 Å². The van der Waals surface area contributed by atoms with Crippen LogP contribution in [0.2, 0.25) is 0 Å². The maximum absolute atomic E-state index is 13.0. The molecule has 0 fully saturated rings. The van der Waals surface area contributed by atoms with Gasteiger partial charge >= 0.3 is 5.97 Å². The Balaban J connectivity index is 2.75. The molecule has 0 aliphatic carbocycles. The minimum Gasteiger partial charge on any atom is -0.481 e. The summed E-state index contributed by atoms with van der Waals surface area (Å²) in [5.41, 5.74) is 0. The molecule has 0 saturated heterocycles. The summed E-state index contributed by atoms with van der Waals surface area (Å²) in [5, 5.41) is 8.81. The molecule has 1 amide bonds. The zero-order valence-electron chi connectivity index (χ0n) is 11.3. The van der Waals surface area contributed by atoms with Crippen LogP contribution in [-0.2, 0) is 9.59 Å². The molecule has 20 heavy (non-hydrogen) atoms. The molecule has 0 radical (unpaired) electrons. The minimum atomic E-state index is -1.15. The minimum absolute atomic E-state index is 0.0128. The fraction of sp³-hybridized carbons (Fsp3) is 0.385. The number of aliphatic carboxylic acids is 1. The van der Waals surface area contributed by atoms with Crippen LogP contribution < -0.4 is 4.74 Å². The second kappa shape index (κ2) is 6.31. The molecule has 1 aromatic rings. The van der Waals surface area contributed by atoms with E-state index < -0.39 is 35.7 Å². The first-order chi connectivity index (χ1) is 9.23. The summed E-state index contributed by atoms with van der Waals surface area (Å²) in [6.45, 7) is 2.75. The number of ether oxygens (including phenoxy) is 1. The summed E-state index contributed by atoms with van der Waals surface area (Å²) in [5.74, 6) is -3.85. The van der Waals surface area contributed by atoms with Gasteiger partial charge in [-0.3, -0.25) is 4.79 Å². The third-order valence-electron chi connectivity index (χ3n) is 2.84. The Bertz CT molecular complexity index is 521. The molecule has 7 heteroatoms. The number of nitrogens with zero attached hydrogens (tertiary/aromatic N) is 1. The van der Waals surface area contributed by atoms with Gasteiger partial charge in [-0.25, -0.2) is 13.6 Å². The summed E-state index contributed by atoms with van der Waals surface area (Å²) >= 11 is 0. The van der Waals surface area contributed by atoms with Gasteiger partial charge in [0.15, 0.2) is 17.7 Å². The summed E-state index contributed by atoms with van der Waals surface area (Å²) in [4.78, 5) is 23.7. The zero-order valence-corrected chi connectivity index (χ0v) is 11.3. The highest BCUT2D eigenvalue weighted by atomic mass is 19.2. The molecule has 0 aliphatic rings. The molecule has 1 aromatic carbocycles. The quantitative estimate of drug-likeness (QED) is 0.894. The van der Waals surface area contributed by atoms with Gasteiger partial charge in [0.2, 0.25) is 0 Å². The highest BCUT2D eigenvalue weighted by Crippen LogP contribution is 2.17. The number of rotatable bonds is 5. The lowest BCUT2D eigenvalue weighted by atomic mass is 10.2. The maximum atomic E-state index is 13.0. The van der Waals surface area contributed by atoms with Crippen LogP contribution in [0.1, 0.15) is 13.8 Å². The van der Waals surface area contributed by atoms with Crippen LogP contribution >= 0.6 is 0 Å². The first-order valence-electron chi connectivity index (χ1n) is 5.85. The van der Waals surface area contributed by atoms with Crippen molar-refractivity contribution in [3.05, 3.63) is 29.8 Å². The Morgan fingerprint density at radius 1 is 1.25 bits per heavy atom. The first kappa shape index (κ1) is 15.9. The number of hydrogen-bond donors (Lipinski definition) is 1. The number of carboxylic acids is 1. The predicted octanol–water partition coefficient (Wildman–Crippen LogP) is 1.66. The Kier molecular flexibility index (Phi) is 5.01. The third kappa shape index (κ3) is 3.66. The zero-order chi connectivity index (χ0) is 15.4. The standard InChI is InChI=1S/C13H15F2NO4/c1-7(13(18)19)16(3)12(17)8(2)20-9-4-5-10(14)11(15)6-9/h4-8H,1-3H3,(H,18,19). The first-order valence-corrected chi connectivity index (χ1v) is 5.85. The van der Waals surface area contributed by atoms with Crippen LogP contribution in [0.4, 0.5) is 8.78 Å². The predicted molar refractivity (Wildman–Crippen MR) is 66.3 cm³/mol. The molecular weight excluding hydrogens is 272 g/mol. The van der Waals surface area contributed by atoms with Gasteiger partial charge in [-0.15, -0.1) is 0 Å². The van der Waals surface area contributed by atoms with Crippen molar-refractivity contribution in [1.29, 1.82) is 0 Å². The molecule has 1 N–H and O–H groups in total. The van der Waals surface area contributed by atoms with Crippen molar-refractivity contribution < 1.29 is 28.2 Å². The lowest BCUT2D eigenvalue weighted by molar-refractivity contribution is -0.150. The molecule has 0 heterocycles. The van der Waals surface area contributed by atoms with E-state index in [0.717, 1.165) is 17.0 Å². The Hall–Kier alpha value is -2.18. The topological polar surface area (TPSA) is 66.8 Å². The number of likely N-dealkylation sites (N-methyl/N-ethyl adjacent to an activating group) is 1. The molecular formula is C13H15F2NO4. The van der Waals surface area contributed by atoms with Crippen molar-refractivity contribution >= 4 is 11.9 Å². The van der Waals surface area contributed by atoms with Crippen LogP contribution in [0.5, 0.6) is 5.75 Å². The molecule has 0 saturated carbocycles. The third-order valence-corrected chi connectivity index (χ3v) is 2.84. The molecule has 2 atom stereocenters. The van der Waals surface area contributed by atoms with E-state index in [1.54, 1.807) is 0 Å². The molecule has 0 aliphatic heterocycles. The smallest absolute Gasteiger partial charge is 0.326 e. The number of benzene rings is 1. The van der Waals surface area contributed by atoms with Gasteiger partial charge in [0.05, 0.1) is 0 Å². The van der Waals surface area contributed by atoms with Crippen LogP contribution in [0.3, 0.4) is 0 Å². The van der Waals surface area contributed by atoms with Gasteiger partial charge in [0.25, 0.3) is 5.91 Å². The SMILES string of the molecule is CC(Oc1ccc(F)c(F)c1)C(=O)N(C)C(C)C(=O)O. The average Bonchev–Trinajstić information content (AvgIpc) is 2.40. The fourth-order valence-corrected chi connectivity index (χ4v) is 1.45. The largest absolute Gasteiger partial charge is 0.481 e. The monoisotopic (exact) mass is 287 g/mol. The number of amides is 1. The summed E-state index contributed by atoms with van der Waals surface area (Å²) in [6, 6.07) is 1.87. The van der Waals surface area contributed by atoms with Crippen LogP contribution in [0.25, 0.3) is 0 Å². The van der Waals surface area contributed by atoms with Crippen LogP contribution in [0, 0.1) is 11.6 Å². The molecule has 1 rings (SSSR count). The fourth-order valence-electron chi connectivity index (χ4n) is 1.45. The van der Waals surface area contributed by atoms with Gasteiger partial charge in [-0.1, -0.05) is 0 Å². The van der Waals surface area contributed by atoms with Crippen molar-refractivity contribution in [2.24, 2.45) is 0 Å². The van der Waals surface area contributed by atoms with E-state index in [-0.39, 0.29) is 5.75 Å². The van der Waals surface area contributed by atoms with Gasteiger partial charge in [0.1, 0.15) is 11.8 Å². The Morgan fingerprint density at radius 3 is 2.35 bits per heavy atom. The average molecular weight is 287 g/mol. The highest BCUT2D eigenvalue weighted by Gasteiger charge is 2.26. The van der Waals surface area contributed by atoms with E-state index in [4.69, 9.17) is 9.84 Å². The van der Waals surface area contributed by atoms with Crippen molar-refractivity contribution in [1.82, 2.24) is 4.90 Å². The van der Waals surface area contributed by atoms with Crippen LogP contribution in [-0.4, -0.2) is 41.1 Å². The number of hydrogen-bond acceptors (Lipinski definition) is 3. The maximum Gasteiger partial charge on any atom is 0.326 e. The molecule has 0 aromatic heterocycles. The number of carbonyl (C=O) groups excluding carboxylic acids is 1. The second-order valence-electron chi connectivity index (χ2n) is 4.30.